The second kappa shape index (κ2) is 7.05. The van der Waals surface area contributed by atoms with Gasteiger partial charge in [-0.1, -0.05) is 11.8 Å². The molecule has 5 nitrogen and oxygen atoms in total. The van der Waals surface area contributed by atoms with Gasteiger partial charge in [-0.25, -0.2) is 0 Å². The third-order valence-corrected chi connectivity index (χ3v) is 2.83. The maximum atomic E-state index is 12.1. The number of rotatable bonds is 6. The molecule has 8 heteroatoms. The Hall–Kier alpha value is -1.67. The first-order valence-corrected chi connectivity index (χ1v) is 6.16. The predicted molar refractivity (Wildman–Crippen MR) is 68.7 cm³/mol. The summed E-state index contributed by atoms with van der Waals surface area (Å²) in [5.41, 5.74) is 10.8. The van der Waals surface area contributed by atoms with Crippen LogP contribution in [0.2, 0.25) is 0 Å². The standard InChI is InChI=1S/C11H13F2N3O2S/c12-11(13)19-7-3-1-6(2-4-7)16-10(18)8(14)5-9(15)17/h1-4,8,11H,5,14H2,(H2,15,17)(H,16,18). The van der Waals surface area contributed by atoms with Crippen LogP contribution in [0.5, 0.6) is 0 Å². The van der Waals surface area contributed by atoms with Crippen LogP contribution in [-0.2, 0) is 9.59 Å². The van der Waals surface area contributed by atoms with Gasteiger partial charge < -0.3 is 16.8 Å². The minimum atomic E-state index is -2.50. The Balaban J connectivity index is 2.57. The number of alkyl halides is 2. The Bertz CT molecular complexity index is 454. The van der Waals surface area contributed by atoms with Crippen LogP contribution in [0.15, 0.2) is 29.2 Å². The monoisotopic (exact) mass is 289 g/mol. The highest BCUT2D eigenvalue weighted by Gasteiger charge is 2.16. The summed E-state index contributed by atoms with van der Waals surface area (Å²) in [4.78, 5) is 22.5. The van der Waals surface area contributed by atoms with Crippen LogP contribution in [0.25, 0.3) is 0 Å². The number of amides is 2. The van der Waals surface area contributed by atoms with Gasteiger partial charge >= 0.3 is 0 Å². The zero-order valence-electron chi connectivity index (χ0n) is 9.81. The van der Waals surface area contributed by atoms with E-state index in [2.05, 4.69) is 5.32 Å². The molecule has 0 spiro atoms. The van der Waals surface area contributed by atoms with E-state index in [4.69, 9.17) is 11.5 Å². The summed E-state index contributed by atoms with van der Waals surface area (Å²) in [5.74, 6) is -3.73. The molecule has 19 heavy (non-hydrogen) atoms. The molecular weight excluding hydrogens is 276 g/mol. The number of nitrogens with one attached hydrogen (secondary N) is 1. The van der Waals surface area contributed by atoms with E-state index in [0.717, 1.165) is 0 Å². The Kier molecular flexibility index (Phi) is 5.71. The second-order valence-corrected chi connectivity index (χ2v) is 4.73. The van der Waals surface area contributed by atoms with Crippen LogP contribution in [0.4, 0.5) is 14.5 Å². The van der Waals surface area contributed by atoms with Crippen molar-refractivity contribution in [2.75, 3.05) is 5.32 Å². The molecule has 1 atom stereocenters. The van der Waals surface area contributed by atoms with E-state index in [1.807, 2.05) is 0 Å². The minimum Gasteiger partial charge on any atom is -0.370 e. The van der Waals surface area contributed by atoms with Crippen LogP contribution in [-0.4, -0.2) is 23.6 Å². The largest absolute Gasteiger partial charge is 0.370 e. The highest BCUT2D eigenvalue weighted by molar-refractivity contribution is 7.99. The predicted octanol–water partition coefficient (Wildman–Crippen LogP) is 1.14. The Morgan fingerprint density at radius 3 is 2.32 bits per heavy atom. The molecule has 0 fully saturated rings. The van der Waals surface area contributed by atoms with Gasteiger partial charge in [-0.2, -0.15) is 8.78 Å². The van der Waals surface area contributed by atoms with Crippen molar-refractivity contribution in [2.24, 2.45) is 11.5 Å². The molecule has 1 rings (SSSR count). The van der Waals surface area contributed by atoms with E-state index in [9.17, 15) is 18.4 Å². The second-order valence-electron chi connectivity index (χ2n) is 3.67. The van der Waals surface area contributed by atoms with Crippen LogP contribution < -0.4 is 16.8 Å². The van der Waals surface area contributed by atoms with Crippen LogP contribution >= 0.6 is 11.8 Å². The number of nitrogens with two attached hydrogens (primary N) is 2. The first-order valence-electron chi connectivity index (χ1n) is 5.28. The third-order valence-electron chi connectivity index (χ3n) is 2.10. The molecule has 0 saturated carbocycles. The van der Waals surface area contributed by atoms with E-state index in [-0.39, 0.29) is 6.42 Å². The topological polar surface area (TPSA) is 98.2 Å². The molecule has 104 valence electrons. The SMILES string of the molecule is NC(=O)CC(N)C(=O)Nc1ccc(SC(F)F)cc1. The van der Waals surface area contributed by atoms with Crippen molar-refractivity contribution in [3.8, 4) is 0 Å². The highest BCUT2D eigenvalue weighted by atomic mass is 32.2. The van der Waals surface area contributed by atoms with Crippen molar-refractivity contribution in [1.82, 2.24) is 0 Å². The van der Waals surface area contributed by atoms with Gasteiger partial charge in [0.1, 0.15) is 0 Å². The van der Waals surface area contributed by atoms with Crippen molar-refractivity contribution in [3.05, 3.63) is 24.3 Å². The number of hydrogen-bond donors (Lipinski definition) is 3. The molecule has 0 heterocycles. The van der Waals surface area contributed by atoms with Crippen molar-refractivity contribution in [1.29, 1.82) is 0 Å². The highest BCUT2D eigenvalue weighted by Crippen LogP contribution is 2.26. The van der Waals surface area contributed by atoms with E-state index in [0.29, 0.717) is 22.3 Å². The molecule has 5 N–H and O–H groups in total. The van der Waals surface area contributed by atoms with Gasteiger partial charge in [0.2, 0.25) is 11.8 Å². The fourth-order valence-corrected chi connectivity index (χ4v) is 1.76. The maximum Gasteiger partial charge on any atom is 0.288 e. The lowest BCUT2D eigenvalue weighted by molar-refractivity contribution is -0.123. The third kappa shape index (κ3) is 5.66. The van der Waals surface area contributed by atoms with E-state index < -0.39 is 23.6 Å². The Morgan fingerprint density at radius 2 is 1.84 bits per heavy atom. The summed E-state index contributed by atoms with van der Waals surface area (Å²) in [6.45, 7) is 0. The van der Waals surface area contributed by atoms with Gasteiger partial charge in [0, 0.05) is 10.6 Å². The number of primary amides is 1. The van der Waals surface area contributed by atoms with Crippen molar-refractivity contribution >= 4 is 29.3 Å². The smallest absolute Gasteiger partial charge is 0.288 e. The summed E-state index contributed by atoms with van der Waals surface area (Å²) in [6, 6.07) is 4.81. The Labute approximate surface area is 112 Å². The molecule has 0 radical (unpaired) electrons. The first-order chi connectivity index (χ1) is 8.88. The Morgan fingerprint density at radius 1 is 1.26 bits per heavy atom. The molecule has 0 saturated heterocycles. The number of carbonyl (C=O) groups is 2. The number of halogens is 2. The van der Waals surface area contributed by atoms with Gasteiger partial charge in [0.15, 0.2) is 0 Å². The summed E-state index contributed by atoms with van der Waals surface area (Å²) in [7, 11) is 0. The van der Waals surface area contributed by atoms with Gasteiger partial charge in [0.05, 0.1) is 12.5 Å². The molecular formula is C11H13F2N3O2S. The van der Waals surface area contributed by atoms with Crippen LogP contribution in [0, 0.1) is 0 Å². The zero-order chi connectivity index (χ0) is 14.4. The number of thioether (sulfide) groups is 1. The zero-order valence-corrected chi connectivity index (χ0v) is 10.6. The van der Waals surface area contributed by atoms with Crippen LogP contribution in [0.1, 0.15) is 6.42 Å². The quantitative estimate of drug-likeness (QED) is 0.684. The van der Waals surface area contributed by atoms with Crippen LogP contribution in [0.3, 0.4) is 0 Å². The molecule has 0 aliphatic rings. The fraction of sp³-hybridized carbons (Fsp3) is 0.273. The summed E-state index contributed by atoms with van der Waals surface area (Å²) in [6.07, 6.45) is -0.259. The van der Waals surface area contributed by atoms with E-state index >= 15 is 0 Å². The number of hydrogen-bond acceptors (Lipinski definition) is 4. The number of anilines is 1. The normalized spacial score (nSPS) is 12.2. The van der Waals surface area contributed by atoms with Gasteiger partial charge in [-0.3, -0.25) is 9.59 Å². The first kappa shape index (κ1) is 15.4. The van der Waals surface area contributed by atoms with Gasteiger partial charge in [0.25, 0.3) is 5.76 Å². The van der Waals surface area contributed by atoms with Gasteiger partial charge in [-0.15, -0.1) is 0 Å². The molecule has 2 amide bonds. The lowest BCUT2D eigenvalue weighted by Crippen LogP contribution is -2.38. The minimum absolute atomic E-state index is 0.259. The lowest BCUT2D eigenvalue weighted by Gasteiger charge is -2.10. The maximum absolute atomic E-state index is 12.1. The van der Waals surface area contributed by atoms with Gasteiger partial charge in [-0.05, 0) is 24.3 Å². The number of benzene rings is 1. The van der Waals surface area contributed by atoms with E-state index in [1.165, 1.54) is 24.3 Å². The molecule has 0 aromatic heterocycles. The number of carbonyl (C=O) groups excluding carboxylic acids is 2. The van der Waals surface area contributed by atoms with Crippen molar-refractivity contribution in [2.45, 2.75) is 23.1 Å². The van der Waals surface area contributed by atoms with E-state index in [1.54, 1.807) is 0 Å². The average Bonchev–Trinajstić information content (AvgIpc) is 2.30. The van der Waals surface area contributed by atoms with Crippen molar-refractivity contribution in [3.63, 3.8) is 0 Å². The molecule has 1 aromatic carbocycles. The average molecular weight is 289 g/mol. The summed E-state index contributed by atoms with van der Waals surface area (Å²) >= 11 is 0.409. The molecule has 0 aliphatic carbocycles. The molecule has 0 aliphatic heterocycles. The lowest BCUT2D eigenvalue weighted by atomic mass is 10.2. The molecule has 1 aromatic rings. The summed E-state index contributed by atoms with van der Waals surface area (Å²) in [5, 5.41) is 2.46. The molecule has 1 unspecified atom stereocenters. The molecule has 0 bridgehead atoms. The van der Waals surface area contributed by atoms with Crippen molar-refractivity contribution < 1.29 is 18.4 Å². The summed E-state index contributed by atoms with van der Waals surface area (Å²) < 4.78 is 24.2. The fourth-order valence-electron chi connectivity index (χ4n) is 1.26.